The maximum Gasteiger partial charge on any atom is 0.352 e. The maximum absolute atomic E-state index is 10.4. The molecule has 0 atom stereocenters. The predicted molar refractivity (Wildman–Crippen MR) is 38.5 cm³/mol. The van der Waals surface area contributed by atoms with E-state index in [0.29, 0.717) is 0 Å². The summed E-state index contributed by atoms with van der Waals surface area (Å²) in [4.78, 5) is 20.7. The monoisotopic (exact) mass is 170 g/mol. The summed E-state index contributed by atoms with van der Waals surface area (Å²) < 4.78 is 0. The third kappa shape index (κ3) is 1.60. The highest BCUT2D eigenvalue weighted by atomic mass is 16.4. The molecular weight excluding hydrogens is 164 g/mol. The van der Waals surface area contributed by atoms with Crippen molar-refractivity contribution < 1.29 is 19.8 Å². The fourth-order valence-electron chi connectivity index (χ4n) is 0.720. The summed E-state index contributed by atoms with van der Waals surface area (Å²) in [5.74, 6) is -2.36. The summed E-state index contributed by atoms with van der Waals surface area (Å²) >= 11 is 0. The number of carboxylic acids is 2. The Morgan fingerprint density at radius 3 is 2.58 bits per heavy atom. The van der Waals surface area contributed by atoms with Crippen molar-refractivity contribution in [2.24, 2.45) is 5.10 Å². The van der Waals surface area contributed by atoms with E-state index in [1.54, 1.807) is 0 Å². The molecule has 0 radical (unpaired) electrons. The highest BCUT2D eigenvalue weighted by Gasteiger charge is 2.19. The average molecular weight is 170 g/mol. The van der Waals surface area contributed by atoms with Gasteiger partial charge in [-0.05, 0) is 0 Å². The molecule has 64 valence electrons. The van der Waals surface area contributed by atoms with Crippen LogP contribution in [-0.2, 0) is 9.59 Å². The van der Waals surface area contributed by atoms with E-state index in [2.05, 4.69) is 10.5 Å². The number of rotatable bonds is 2. The molecule has 12 heavy (non-hydrogen) atoms. The fraction of sp³-hybridized carbons (Fsp3) is 0.167. The summed E-state index contributed by atoms with van der Waals surface area (Å²) in [5.41, 5.74) is 2.00. The quantitative estimate of drug-likeness (QED) is 0.513. The van der Waals surface area contributed by atoms with Crippen LogP contribution < -0.4 is 5.43 Å². The molecule has 0 aromatic carbocycles. The van der Waals surface area contributed by atoms with Gasteiger partial charge in [-0.25, -0.2) is 9.59 Å². The van der Waals surface area contributed by atoms with Gasteiger partial charge in [0.1, 0.15) is 5.71 Å². The summed E-state index contributed by atoms with van der Waals surface area (Å²) in [6.07, 6.45) is 1.01. The van der Waals surface area contributed by atoms with Gasteiger partial charge in [-0.15, -0.1) is 0 Å². The molecule has 1 aliphatic heterocycles. The number of aliphatic carboxylic acids is 2. The second kappa shape index (κ2) is 3.04. The minimum atomic E-state index is -1.21. The first-order chi connectivity index (χ1) is 5.61. The molecule has 0 unspecified atom stereocenters. The maximum atomic E-state index is 10.4. The van der Waals surface area contributed by atoms with E-state index in [4.69, 9.17) is 10.2 Å². The minimum absolute atomic E-state index is 0.0117. The Hall–Kier alpha value is -1.85. The number of carbonyl (C=O) groups is 2. The zero-order chi connectivity index (χ0) is 9.14. The van der Waals surface area contributed by atoms with Crippen molar-refractivity contribution in [2.75, 3.05) is 0 Å². The zero-order valence-corrected chi connectivity index (χ0v) is 5.94. The molecule has 0 aromatic heterocycles. The first-order valence-electron chi connectivity index (χ1n) is 3.09. The lowest BCUT2D eigenvalue weighted by atomic mass is 10.1. The van der Waals surface area contributed by atoms with Crippen molar-refractivity contribution in [2.45, 2.75) is 6.42 Å². The van der Waals surface area contributed by atoms with E-state index in [9.17, 15) is 9.59 Å². The number of nitrogens with zero attached hydrogens (tertiary/aromatic N) is 1. The largest absolute Gasteiger partial charge is 0.478 e. The van der Waals surface area contributed by atoms with Crippen LogP contribution in [0.2, 0.25) is 0 Å². The first kappa shape index (κ1) is 8.25. The van der Waals surface area contributed by atoms with Crippen LogP contribution in [0.1, 0.15) is 6.42 Å². The van der Waals surface area contributed by atoms with Gasteiger partial charge in [0.25, 0.3) is 0 Å². The van der Waals surface area contributed by atoms with Gasteiger partial charge in [-0.3, -0.25) is 5.43 Å². The second-order valence-electron chi connectivity index (χ2n) is 2.14. The van der Waals surface area contributed by atoms with Gasteiger partial charge in [-0.1, -0.05) is 0 Å². The van der Waals surface area contributed by atoms with Crippen LogP contribution in [-0.4, -0.2) is 27.9 Å². The number of hydrazone groups is 1. The number of carboxylic acid groups (broad SMARTS) is 2. The average Bonchev–Trinajstić information content (AvgIpc) is 2.04. The van der Waals surface area contributed by atoms with Crippen LogP contribution >= 0.6 is 0 Å². The highest BCUT2D eigenvalue weighted by molar-refractivity contribution is 6.37. The molecule has 0 fully saturated rings. The number of nitrogens with one attached hydrogen (secondary N) is 1. The normalized spacial score (nSPS) is 15.7. The Morgan fingerprint density at radius 2 is 2.08 bits per heavy atom. The third-order valence-corrected chi connectivity index (χ3v) is 1.32. The SMILES string of the molecule is O=C(O)C1=CNN=C(C(=O)O)C1. The molecule has 1 rings (SSSR count). The van der Waals surface area contributed by atoms with Gasteiger partial charge in [0, 0.05) is 12.6 Å². The van der Waals surface area contributed by atoms with Crippen LogP contribution in [0.15, 0.2) is 16.9 Å². The summed E-state index contributed by atoms with van der Waals surface area (Å²) in [6.45, 7) is 0. The van der Waals surface area contributed by atoms with Gasteiger partial charge in [0.05, 0.1) is 5.57 Å². The zero-order valence-electron chi connectivity index (χ0n) is 5.94. The Labute approximate surface area is 67.2 Å². The van der Waals surface area contributed by atoms with Crippen molar-refractivity contribution in [1.82, 2.24) is 5.43 Å². The van der Waals surface area contributed by atoms with Crippen LogP contribution in [0.5, 0.6) is 0 Å². The van der Waals surface area contributed by atoms with Crippen LogP contribution in [0, 0.1) is 0 Å². The van der Waals surface area contributed by atoms with Crippen LogP contribution in [0.3, 0.4) is 0 Å². The topological polar surface area (TPSA) is 99.0 Å². The molecule has 0 bridgehead atoms. The molecule has 1 heterocycles. The number of hydrogen-bond acceptors (Lipinski definition) is 4. The van der Waals surface area contributed by atoms with Gasteiger partial charge in [0.15, 0.2) is 0 Å². The molecule has 0 saturated carbocycles. The van der Waals surface area contributed by atoms with E-state index in [1.165, 1.54) is 0 Å². The first-order valence-corrected chi connectivity index (χ1v) is 3.09. The van der Waals surface area contributed by atoms with Crippen LogP contribution in [0.4, 0.5) is 0 Å². The third-order valence-electron chi connectivity index (χ3n) is 1.32. The highest BCUT2D eigenvalue weighted by Crippen LogP contribution is 2.06. The van der Waals surface area contributed by atoms with E-state index >= 15 is 0 Å². The summed E-state index contributed by atoms with van der Waals surface area (Å²) in [6, 6.07) is 0. The molecule has 0 amide bonds. The molecule has 3 N–H and O–H groups in total. The minimum Gasteiger partial charge on any atom is -0.478 e. The fourth-order valence-corrected chi connectivity index (χ4v) is 0.720. The standard InChI is InChI=1S/C6H6N2O4/c9-5(10)3-1-4(6(11)12)8-7-2-3/h2,7H,1H2,(H,9,10)(H,11,12). The van der Waals surface area contributed by atoms with E-state index in [-0.39, 0.29) is 17.7 Å². The predicted octanol–water partition coefficient (Wildman–Crippen LogP) is -0.611. The van der Waals surface area contributed by atoms with Gasteiger partial charge >= 0.3 is 11.9 Å². The van der Waals surface area contributed by atoms with Gasteiger partial charge < -0.3 is 10.2 Å². The Morgan fingerprint density at radius 1 is 1.42 bits per heavy atom. The van der Waals surface area contributed by atoms with E-state index < -0.39 is 11.9 Å². The van der Waals surface area contributed by atoms with Crippen molar-refractivity contribution in [3.05, 3.63) is 11.8 Å². The molecule has 1 aliphatic rings. The molecule has 6 heteroatoms. The van der Waals surface area contributed by atoms with E-state index in [0.717, 1.165) is 6.20 Å². The Balaban J connectivity index is 2.73. The van der Waals surface area contributed by atoms with Gasteiger partial charge in [0.2, 0.25) is 0 Å². The summed E-state index contributed by atoms with van der Waals surface area (Å²) in [5, 5.41) is 20.3. The molecule has 0 saturated heterocycles. The van der Waals surface area contributed by atoms with Crippen molar-refractivity contribution in [1.29, 1.82) is 0 Å². The molecule has 0 aliphatic carbocycles. The van der Waals surface area contributed by atoms with E-state index in [1.807, 2.05) is 0 Å². The lowest BCUT2D eigenvalue weighted by Gasteiger charge is -2.07. The smallest absolute Gasteiger partial charge is 0.352 e. The Kier molecular flexibility index (Phi) is 2.09. The molecular formula is C6H6N2O4. The van der Waals surface area contributed by atoms with Crippen molar-refractivity contribution in [3.8, 4) is 0 Å². The second-order valence-corrected chi connectivity index (χ2v) is 2.14. The van der Waals surface area contributed by atoms with Crippen molar-refractivity contribution >= 4 is 17.7 Å². The van der Waals surface area contributed by atoms with Gasteiger partial charge in [-0.2, -0.15) is 5.10 Å². The molecule has 0 aromatic rings. The lowest BCUT2D eigenvalue weighted by molar-refractivity contribution is -0.132. The number of hydrogen-bond donors (Lipinski definition) is 3. The molecule has 0 spiro atoms. The summed E-state index contributed by atoms with van der Waals surface area (Å²) in [7, 11) is 0. The van der Waals surface area contributed by atoms with Crippen molar-refractivity contribution in [3.63, 3.8) is 0 Å². The molecule has 6 nitrogen and oxygen atoms in total. The lowest BCUT2D eigenvalue weighted by Crippen LogP contribution is -2.23. The Bertz CT molecular complexity index is 264. The van der Waals surface area contributed by atoms with Crippen LogP contribution in [0.25, 0.3) is 0 Å².